The standard InChI is InChI=1S/C32H43N3O7S2/c1-31(2,3)25-13-8-9-14-27(25)34(20-11-12-22-43(38,39)40)19-10-6-7-15-29-32(4,5)26-23-24(44(33,41)42)16-17-28(26)35(29)21-18-30(36)37/h6-10,13-17,19,23H,11-12,18,20-22H2,1-5H3,(H,36,37)(H2,33,41,42)(H,38,39,40)/b7-6+,19-10+,29-15-. The van der Waals surface area contributed by atoms with Gasteiger partial charge in [-0.3, -0.25) is 9.35 Å². The number of fused-ring (bicyclic) bond motifs is 1. The Labute approximate surface area is 261 Å². The number of para-hydroxylation sites is 1. The van der Waals surface area contributed by atoms with Crippen LogP contribution < -0.4 is 14.9 Å². The first-order valence-corrected chi connectivity index (χ1v) is 17.5. The van der Waals surface area contributed by atoms with Crippen molar-refractivity contribution in [2.45, 2.75) is 69.6 Å². The average Bonchev–Trinajstić information content (AvgIpc) is 3.12. The van der Waals surface area contributed by atoms with Crippen LogP contribution in [0.25, 0.3) is 0 Å². The van der Waals surface area contributed by atoms with E-state index in [9.17, 15) is 26.7 Å². The number of sulfonamides is 1. The lowest BCUT2D eigenvalue weighted by molar-refractivity contribution is -0.136. The zero-order valence-corrected chi connectivity index (χ0v) is 27.5. The second-order valence-corrected chi connectivity index (χ2v) is 15.5. The zero-order chi connectivity index (χ0) is 32.9. The van der Waals surface area contributed by atoms with Crippen molar-refractivity contribution < 1.29 is 31.3 Å². The number of hydrogen-bond donors (Lipinski definition) is 3. The maximum atomic E-state index is 12.0. The van der Waals surface area contributed by atoms with Gasteiger partial charge >= 0.3 is 5.97 Å². The monoisotopic (exact) mass is 645 g/mol. The van der Waals surface area contributed by atoms with Crippen molar-refractivity contribution in [1.29, 1.82) is 0 Å². The maximum Gasteiger partial charge on any atom is 0.305 e. The predicted molar refractivity (Wildman–Crippen MR) is 175 cm³/mol. The Kier molecular flexibility index (Phi) is 10.9. The van der Waals surface area contributed by atoms with Gasteiger partial charge in [0.15, 0.2) is 0 Å². The Morgan fingerprint density at radius 3 is 2.32 bits per heavy atom. The van der Waals surface area contributed by atoms with E-state index in [0.717, 1.165) is 28.2 Å². The Bertz CT molecular complexity index is 1670. The topological polar surface area (TPSA) is 158 Å². The molecule has 1 aliphatic rings. The summed E-state index contributed by atoms with van der Waals surface area (Å²) in [6, 6.07) is 12.7. The smallest absolute Gasteiger partial charge is 0.305 e. The van der Waals surface area contributed by atoms with Gasteiger partial charge in [0.05, 0.1) is 17.1 Å². The number of primary sulfonamides is 1. The Morgan fingerprint density at radius 2 is 1.70 bits per heavy atom. The fourth-order valence-corrected chi connectivity index (χ4v) is 6.45. The molecule has 0 unspecified atom stereocenters. The summed E-state index contributed by atoms with van der Waals surface area (Å²) >= 11 is 0. The molecule has 10 nitrogen and oxygen atoms in total. The molecule has 0 fully saturated rings. The van der Waals surface area contributed by atoms with Gasteiger partial charge in [-0.2, -0.15) is 8.42 Å². The van der Waals surface area contributed by atoms with Gasteiger partial charge in [-0.1, -0.05) is 65.0 Å². The molecule has 0 radical (unpaired) electrons. The summed E-state index contributed by atoms with van der Waals surface area (Å²) in [5.74, 6) is -1.24. The molecule has 1 aliphatic heterocycles. The third kappa shape index (κ3) is 9.04. The van der Waals surface area contributed by atoms with E-state index < -0.39 is 31.5 Å². The number of aliphatic carboxylic acids is 1. The van der Waals surface area contributed by atoms with Gasteiger partial charge in [0.2, 0.25) is 10.0 Å². The molecule has 0 aromatic heterocycles. The van der Waals surface area contributed by atoms with Crippen LogP contribution >= 0.6 is 0 Å². The summed E-state index contributed by atoms with van der Waals surface area (Å²) in [6.07, 6.45) is 10.1. The third-order valence-corrected chi connectivity index (χ3v) is 9.27. The second kappa shape index (κ2) is 13.7. The number of nitrogens with zero attached hydrogens (tertiary/aromatic N) is 2. The summed E-state index contributed by atoms with van der Waals surface area (Å²) in [7, 11) is -7.95. The molecule has 2 aromatic rings. The molecule has 1 heterocycles. The van der Waals surface area contributed by atoms with Crippen LogP contribution in [0.4, 0.5) is 11.4 Å². The van der Waals surface area contributed by atoms with Gasteiger partial charge in [-0.15, -0.1) is 0 Å². The number of anilines is 2. The molecule has 0 saturated carbocycles. The van der Waals surface area contributed by atoms with Gasteiger partial charge < -0.3 is 14.9 Å². The summed E-state index contributed by atoms with van der Waals surface area (Å²) in [5.41, 5.74) is 3.63. The summed E-state index contributed by atoms with van der Waals surface area (Å²) in [4.78, 5) is 15.4. The van der Waals surface area contributed by atoms with Crippen LogP contribution in [0.2, 0.25) is 0 Å². The van der Waals surface area contributed by atoms with Crippen molar-refractivity contribution in [1.82, 2.24) is 0 Å². The van der Waals surface area contributed by atoms with Crippen LogP contribution in [0.3, 0.4) is 0 Å². The molecule has 0 saturated heterocycles. The molecule has 44 heavy (non-hydrogen) atoms. The maximum absolute atomic E-state index is 12.0. The van der Waals surface area contributed by atoms with E-state index in [1.54, 1.807) is 12.1 Å². The van der Waals surface area contributed by atoms with Crippen molar-refractivity contribution >= 4 is 37.5 Å². The molecular weight excluding hydrogens is 603 g/mol. The molecule has 240 valence electrons. The summed E-state index contributed by atoms with van der Waals surface area (Å²) < 4.78 is 55.6. The molecular formula is C32H43N3O7S2. The molecule has 0 aliphatic carbocycles. The highest BCUT2D eigenvalue weighted by atomic mass is 32.2. The van der Waals surface area contributed by atoms with E-state index in [-0.39, 0.29) is 29.0 Å². The van der Waals surface area contributed by atoms with E-state index in [1.165, 1.54) is 6.07 Å². The predicted octanol–water partition coefficient (Wildman–Crippen LogP) is 5.33. The molecule has 0 bridgehead atoms. The normalized spacial score (nSPS) is 16.2. The van der Waals surface area contributed by atoms with Crippen LogP contribution in [0.1, 0.15) is 65.0 Å². The van der Waals surface area contributed by atoms with E-state index >= 15 is 0 Å². The number of allylic oxidation sites excluding steroid dienone is 5. The molecule has 0 atom stereocenters. The number of nitrogens with two attached hydrogens (primary N) is 1. The van der Waals surface area contributed by atoms with Gasteiger partial charge in [0, 0.05) is 41.8 Å². The highest BCUT2D eigenvalue weighted by molar-refractivity contribution is 7.89. The lowest BCUT2D eigenvalue weighted by atomic mass is 9.83. The molecule has 0 amide bonds. The summed E-state index contributed by atoms with van der Waals surface area (Å²) in [6.45, 7) is 11.0. The summed E-state index contributed by atoms with van der Waals surface area (Å²) in [5, 5.41) is 14.7. The minimum Gasteiger partial charge on any atom is -0.481 e. The van der Waals surface area contributed by atoms with Gasteiger partial charge in [0.1, 0.15) is 0 Å². The van der Waals surface area contributed by atoms with E-state index in [4.69, 9.17) is 9.69 Å². The number of carbonyl (C=O) groups is 1. The van der Waals surface area contributed by atoms with Crippen LogP contribution in [-0.4, -0.2) is 51.3 Å². The molecule has 4 N–H and O–H groups in total. The number of carboxylic acid groups (broad SMARTS) is 1. The highest BCUT2D eigenvalue weighted by Crippen LogP contribution is 2.48. The number of carboxylic acids is 1. The van der Waals surface area contributed by atoms with Gasteiger partial charge in [-0.05, 0) is 65.8 Å². The van der Waals surface area contributed by atoms with Crippen molar-refractivity contribution in [2.75, 3.05) is 28.6 Å². The minimum absolute atomic E-state index is 0.00514. The lowest BCUT2D eigenvalue weighted by Gasteiger charge is -2.29. The van der Waals surface area contributed by atoms with Crippen molar-refractivity contribution in [3.05, 3.63) is 89.8 Å². The van der Waals surface area contributed by atoms with E-state index in [2.05, 4.69) is 31.7 Å². The number of unbranched alkanes of at least 4 members (excludes halogenated alkanes) is 1. The SMILES string of the molecule is CC(C)(C)c1ccccc1N(/C=C/C=C/C=C1\N(CCC(=O)O)c2ccc(S(N)(=O)=O)cc2C1(C)C)CCCCS(=O)(=O)O. The Balaban J connectivity index is 1.93. The van der Waals surface area contributed by atoms with Gasteiger partial charge in [0.25, 0.3) is 10.1 Å². The number of hydrogen-bond acceptors (Lipinski definition) is 7. The van der Waals surface area contributed by atoms with E-state index in [1.807, 2.05) is 67.5 Å². The van der Waals surface area contributed by atoms with Crippen LogP contribution in [-0.2, 0) is 35.8 Å². The van der Waals surface area contributed by atoms with Crippen LogP contribution in [0.5, 0.6) is 0 Å². The Hall–Kier alpha value is -3.45. The third-order valence-electron chi connectivity index (χ3n) is 7.56. The molecule has 0 spiro atoms. The molecule has 12 heteroatoms. The average molecular weight is 646 g/mol. The first-order chi connectivity index (χ1) is 20.3. The second-order valence-electron chi connectivity index (χ2n) is 12.4. The van der Waals surface area contributed by atoms with Crippen molar-refractivity contribution in [2.24, 2.45) is 5.14 Å². The fraction of sp³-hybridized carbons (Fsp3) is 0.406. The highest BCUT2D eigenvalue weighted by Gasteiger charge is 2.40. The first kappa shape index (κ1) is 35.0. The molecule has 2 aromatic carbocycles. The van der Waals surface area contributed by atoms with Crippen LogP contribution in [0.15, 0.2) is 83.6 Å². The fourth-order valence-electron chi connectivity index (χ4n) is 5.34. The zero-order valence-electron chi connectivity index (χ0n) is 25.9. The minimum atomic E-state index is -4.03. The number of benzene rings is 2. The lowest BCUT2D eigenvalue weighted by Crippen LogP contribution is -2.28. The largest absolute Gasteiger partial charge is 0.481 e. The van der Waals surface area contributed by atoms with E-state index in [0.29, 0.717) is 19.4 Å². The quantitative estimate of drug-likeness (QED) is 0.149. The van der Waals surface area contributed by atoms with Crippen molar-refractivity contribution in [3.8, 4) is 0 Å². The Morgan fingerprint density at radius 1 is 1.02 bits per heavy atom. The van der Waals surface area contributed by atoms with Crippen LogP contribution in [0, 0.1) is 0 Å². The van der Waals surface area contributed by atoms with Crippen molar-refractivity contribution in [3.63, 3.8) is 0 Å². The van der Waals surface area contributed by atoms with Gasteiger partial charge in [-0.25, -0.2) is 13.6 Å². The molecule has 3 rings (SSSR count). The first-order valence-electron chi connectivity index (χ1n) is 14.4. The number of rotatable bonds is 13.